The average molecular weight is 294 g/mol. The number of aliphatic hydroxyl groups is 1. The van der Waals surface area contributed by atoms with E-state index in [9.17, 15) is 9.90 Å². The second-order valence-electron chi connectivity index (χ2n) is 5.49. The summed E-state index contributed by atoms with van der Waals surface area (Å²) in [7, 11) is 1.55. The van der Waals surface area contributed by atoms with Crippen LogP contribution in [0.3, 0.4) is 0 Å². The zero-order valence-electron chi connectivity index (χ0n) is 13.3. The van der Waals surface area contributed by atoms with Crippen molar-refractivity contribution in [3.63, 3.8) is 0 Å². The van der Waals surface area contributed by atoms with E-state index < -0.39 is 6.10 Å². The number of anilines is 1. The lowest BCUT2D eigenvalue weighted by Crippen LogP contribution is -2.37. The third kappa shape index (κ3) is 6.71. The molecule has 0 spiro atoms. The Balaban J connectivity index is 2.39. The van der Waals surface area contributed by atoms with Crippen LogP contribution in [-0.2, 0) is 9.53 Å². The largest absolute Gasteiger partial charge is 0.389 e. The molecule has 5 heteroatoms. The van der Waals surface area contributed by atoms with Gasteiger partial charge in [0.25, 0.3) is 0 Å². The zero-order chi connectivity index (χ0) is 15.8. The Morgan fingerprint density at radius 1 is 1.38 bits per heavy atom. The predicted octanol–water partition coefficient (Wildman–Crippen LogP) is 1.62. The van der Waals surface area contributed by atoms with E-state index in [4.69, 9.17) is 4.74 Å². The van der Waals surface area contributed by atoms with E-state index in [0.717, 1.165) is 11.3 Å². The Morgan fingerprint density at radius 2 is 2.10 bits per heavy atom. The number of amides is 1. The van der Waals surface area contributed by atoms with E-state index in [1.807, 2.05) is 39.0 Å². The van der Waals surface area contributed by atoms with Gasteiger partial charge in [-0.3, -0.25) is 4.79 Å². The van der Waals surface area contributed by atoms with E-state index in [1.165, 1.54) is 5.56 Å². The molecule has 1 aromatic carbocycles. The highest BCUT2D eigenvalue weighted by atomic mass is 16.5. The molecule has 0 aromatic heterocycles. The van der Waals surface area contributed by atoms with Crippen molar-refractivity contribution >= 4 is 11.6 Å². The predicted molar refractivity (Wildman–Crippen MR) is 84.5 cm³/mol. The summed E-state index contributed by atoms with van der Waals surface area (Å²) in [5.74, 6) is -0.0387. The molecular formula is C16H26N2O3. The molecule has 2 atom stereocenters. The molecule has 0 saturated heterocycles. The van der Waals surface area contributed by atoms with Gasteiger partial charge in [-0.05, 0) is 32.4 Å². The molecule has 5 nitrogen and oxygen atoms in total. The van der Waals surface area contributed by atoms with Crippen molar-refractivity contribution in [3.8, 4) is 0 Å². The quantitative estimate of drug-likeness (QED) is 0.681. The summed E-state index contributed by atoms with van der Waals surface area (Å²) >= 11 is 0. The maximum absolute atomic E-state index is 12.0. The van der Waals surface area contributed by atoms with Crippen LogP contribution in [0.2, 0.25) is 0 Å². The molecule has 1 aromatic rings. The molecule has 0 aliphatic rings. The summed E-state index contributed by atoms with van der Waals surface area (Å²) < 4.78 is 4.85. The standard InChI is InChI=1S/C16H26N2O3/c1-11-5-6-15(12(2)7-11)18-16(20)8-13(3)17-9-14(19)10-21-4/h5-7,13-14,17,19H,8-10H2,1-4H3,(H,18,20). The first-order valence-corrected chi connectivity index (χ1v) is 7.20. The van der Waals surface area contributed by atoms with Crippen LogP contribution in [0.15, 0.2) is 18.2 Å². The Hall–Kier alpha value is -1.43. The monoisotopic (exact) mass is 294 g/mol. The van der Waals surface area contributed by atoms with Gasteiger partial charge in [-0.1, -0.05) is 17.7 Å². The number of aryl methyl sites for hydroxylation is 2. The molecule has 3 N–H and O–H groups in total. The molecule has 0 heterocycles. The first kappa shape index (κ1) is 17.6. The van der Waals surface area contributed by atoms with Gasteiger partial charge in [0.1, 0.15) is 0 Å². The lowest BCUT2D eigenvalue weighted by atomic mass is 10.1. The van der Waals surface area contributed by atoms with Gasteiger partial charge in [-0.2, -0.15) is 0 Å². The molecular weight excluding hydrogens is 268 g/mol. The molecule has 0 bridgehead atoms. The third-order valence-corrected chi connectivity index (χ3v) is 3.21. The fourth-order valence-electron chi connectivity index (χ4n) is 2.09. The van der Waals surface area contributed by atoms with Crippen LogP contribution in [0.1, 0.15) is 24.5 Å². The van der Waals surface area contributed by atoms with Gasteiger partial charge in [-0.25, -0.2) is 0 Å². The smallest absolute Gasteiger partial charge is 0.225 e. The molecule has 2 unspecified atom stereocenters. The van der Waals surface area contributed by atoms with E-state index in [2.05, 4.69) is 10.6 Å². The summed E-state index contributed by atoms with van der Waals surface area (Å²) in [5, 5.41) is 15.6. The lowest BCUT2D eigenvalue weighted by molar-refractivity contribution is -0.116. The normalized spacial score (nSPS) is 13.8. The summed E-state index contributed by atoms with van der Waals surface area (Å²) in [6.07, 6.45) is -0.202. The van der Waals surface area contributed by atoms with Crippen LogP contribution in [0.5, 0.6) is 0 Å². The summed E-state index contributed by atoms with van der Waals surface area (Å²) in [6.45, 7) is 6.61. The number of carbonyl (C=O) groups excluding carboxylic acids is 1. The maximum Gasteiger partial charge on any atom is 0.225 e. The van der Waals surface area contributed by atoms with Crippen molar-refractivity contribution < 1.29 is 14.6 Å². The summed E-state index contributed by atoms with van der Waals surface area (Å²) in [5.41, 5.74) is 3.07. The zero-order valence-corrected chi connectivity index (χ0v) is 13.3. The van der Waals surface area contributed by atoms with Gasteiger partial charge in [0.15, 0.2) is 0 Å². The van der Waals surface area contributed by atoms with Gasteiger partial charge in [0.05, 0.1) is 12.7 Å². The van der Waals surface area contributed by atoms with Gasteiger partial charge in [0, 0.05) is 31.8 Å². The number of methoxy groups -OCH3 is 1. The topological polar surface area (TPSA) is 70.6 Å². The second kappa shape index (κ2) is 8.77. The number of aliphatic hydroxyl groups excluding tert-OH is 1. The van der Waals surface area contributed by atoms with Gasteiger partial charge < -0.3 is 20.5 Å². The number of hydrogen-bond acceptors (Lipinski definition) is 4. The lowest BCUT2D eigenvalue weighted by Gasteiger charge is -2.17. The van der Waals surface area contributed by atoms with E-state index in [-0.39, 0.29) is 18.6 Å². The van der Waals surface area contributed by atoms with Crippen molar-refractivity contribution in [1.29, 1.82) is 0 Å². The number of nitrogens with one attached hydrogen (secondary N) is 2. The Bertz CT molecular complexity index is 463. The summed E-state index contributed by atoms with van der Waals surface area (Å²) in [6, 6.07) is 5.93. The number of ether oxygens (including phenoxy) is 1. The Morgan fingerprint density at radius 3 is 2.71 bits per heavy atom. The number of rotatable bonds is 8. The van der Waals surface area contributed by atoms with Gasteiger partial charge in [0.2, 0.25) is 5.91 Å². The first-order chi connectivity index (χ1) is 9.92. The van der Waals surface area contributed by atoms with Crippen LogP contribution in [-0.4, -0.2) is 43.4 Å². The molecule has 0 radical (unpaired) electrons. The molecule has 21 heavy (non-hydrogen) atoms. The highest BCUT2D eigenvalue weighted by Gasteiger charge is 2.12. The van der Waals surface area contributed by atoms with E-state index >= 15 is 0 Å². The van der Waals surface area contributed by atoms with Crippen LogP contribution in [0.25, 0.3) is 0 Å². The Kier molecular flexibility index (Phi) is 7.36. The van der Waals surface area contributed by atoms with Crippen molar-refractivity contribution in [3.05, 3.63) is 29.3 Å². The molecule has 118 valence electrons. The SMILES string of the molecule is COCC(O)CNC(C)CC(=O)Nc1ccc(C)cc1C. The van der Waals surface area contributed by atoms with Crippen LogP contribution in [0.4, 0.5) is 5.69 Å². The molecule has 1 amide bonds. The van der Waals surface area contributed by atoms with Crippen molar-refractivity contribution in [2.24, 2.45) is 0 Å². The average Bonchev–Trinajstić information content (AvgIpc) is 2.40. The van der Waals surface area contributed by atoms with Crippen LogP contribution >= 0.6 is 0 Å². The van der Waals surface area contributed by atoms with Crippen molar-refractivity contribution in [2.45, 2.75) is 39.3 Å². The molecule has 0 saturated carbocycles. The number of carbonyl (C=O) groups is 1. The fourth-order valence-corrected chi connectivity index (χ4v) is 2.09. The molecule has 0 aliphatic carbocycles. The first-order valence-electron chi connectivity index (χ1n) is 7.20. The van der Waals surface area contributed by atoms with Crippen LogP contribution < -0.4 is 10.6 Å². The second-order valence-corrected chi connectivity index (χ2v) is 5.49. The van der Waals surface area contributed by atoms with Crippen molar-refractivity contribution in [2.75, 3.05) is 25.6 Å². The van der Waals surface area contributed by atoms with Crippen molar-refractivity contribution in [1.82, 2.24) is 5.32 Å². The minimum atomic E-state index is -0.556. The summed E-state index contributed by atoms with van der Waals surface area (Å²) in [4.78, 5) is 12.0. The molecule has 1 rings (SSSR count). The number of benzene rings is 1. The number of hydrogen-bond donors (Lipinski definition) is 3. The van der Waals surface area contributed by atoms with E-state index in [1.54, 1.807) is 7.11 Å². The minimum Gasteiger partial charge on any atom is -0.389 e. The van der Waals surface area contributed by atoms with Crippen LogP contribution in [0, 0.1) is 13.8 Å². The highest BCUT2D eigenvalue weighted by molar-refractivity contribution is 5.91. The Labute approximate surface area is 126 Å². The van der Waals surface area contributed by atoms with Gasteiger partial charge >= 0.3 is 0 Å². The third-order valence-electron chi connectivity index (χ3n) is 3.21. The molecule has 0 aliphatic heterocycles. The maximum atomic E-state index is 12.0. The minimum absolute atomic E-state index is 0.0118. The fraction of sp³-hybridized carbons (Fsp3) is 0.562. The van der Waals surface area contributed by atoms with E-state index in [0.29, 0.717) is 13.0 Å². The van der Waals surface area contributed by atoms with Gasteiger partial charge in [-0.15, -0.1) is 0 Å². The molecule has 0 fully saturated rings. The highest BCUT2D eigenvalue weighted by Crippen LogP contribution is 2.16.